The Morgan fingerprint density at radius 3 is 2.41 bits per heavy atom. The Morgan fingerprint density at radius 2 is 1.88 bits per heavy atom. The summed E-state index contributed by atoms with van der Waals surface area (Å²) in [4.78, 5) is 2.67. The van der Waals surface area contributed by atoms with E-state index in [-0.39, 0.29) is 0 Å². The first-order chi connectivity index (χ1) is 8.31. The van der Waals surface area contributed by atoms with Crippen LogP contribution < -0.4 is 5.73 Å². The van der Waals surface area contributed by atoms with Gasteiger partial charge in [0.15, 0.2) is 0 Å². The van der Waals surface area contributed by atoms with Gasteiger partial charge in [-0.2, -0.15) is 0 Å². The van der Waals surface area contributed by atoms with Crippen LogP contribution in [-0.4, -0.2) is 30.6 Å². The molecule has 1 saturated carbocycles. The van der Waals surface area contributed by atoms with Crippen molar-refractivity contribution in [1.82, 2.24) is 4.90 Å². The summed E-state index contributed by atoms with van der Waals surface area (Å²) in [5.41, 5.74) is 5.97. The highest BCUT2D eigenvalue weighted by atomic mass is 15.2. The maximum atomic E-state index is 5.97. The van der Waals surface area contributed by atoms with Crippen LogP contribution in [0, 0.1) is 5.92 Å². The quantitative estimate of drug-likeness (QED) is 0.561. The molecule has 0 saturated heterocycles. The van der Waals surface area contributed by atoms with E-state index in [2.05, 4.69) is 18.7 Å². The van der Waals surface area contributed by atoms with E-state index < -0.39 is 0 Å². The van der Waals surface area contributed by atoms with Crippen molar-refractivity contribution in [1.29, 1.82) is 0 Å². The van der Waals surface area contributed by atoms with Crippen LogP contribution in [0.4, 0.5) is 0 Å². The third-order valence-electron chi connectivity index (χ3n) is 3.88. The lowest BCUT2D eigenvalue weighted by molar-refractivity contribution is 0.180. The largest absolute Gasteiger partial charge is 0.329 e. The van der Waals surface area contributed by atoms with E-state index in [1.165, 1.54) is 64.5 Å². The van der Waals surface area contributed by atoms with Crippen molar-refractivity contribution >= 4 is 0 Å². The highest BCUT2D eigenvalue weighted by Gasteiger charge is 2.26. The zero-order chi connectivity index (χ0) is 12.5. The summed E-state index contributed by atoms with van der Waals surface area (Å²) in [6.45, 7) is 7.95. The second kappa shape index (κ2) is 8.93. The molecule has 0 bridgehead atoms. The molecule has 1 atom stereocenters. The first-order valence-corrected chi connectivity index (χ1v) is 7.75. The van der Waals surface area contributed by atoms with Gasteiger partial charge in [0.25, 0.3) is 0 Å². The lowest BCUT2D eigenvalue weighted by Crippen LogP contribution is -2.42. The Hall–Kier alpha value is -0.0800. The third kappa shape index (κ3) is 6.42. The van der Waals surface area contributed by atoms with Gasteiger partial charge in [0.2, 0.25) is 0 Å². The first-order valence-electron chi connectivity index (χ1n) is 7.75. The molecule has 1 unspecified atom stereocenters. The Labute approximate surface area is 108 Å². The zero-order valence-corrected chi connectivity index (χ0v) is 12.0. The van der Waals surface area contributed by atoms with E-state index in [1.54, 1.807) is 0 Å². The molecule has 0 spiro atoms. The summed E-state index contributed by atoms with van der Waals surface area (Å²) in [6.07, 6.45) is 10.9. The van der Waals surface area contributed by atoms with Gasteiger partial charge in [0, 0.05) is 19.1 Å². The number of nitrogens with two attached hydrogens (primary N) is 1. The Bertz CT molecular complexity index is 178. The molecule has 1 aliphatic carbocycles. The lowest BCUT2D eigenvalue weighted by Gasteiger charge is -2.31. The van der Waals surface area contributed by atoms with Crippen LogP contribution in [-0.2, 0) is 0 Å². The maximum absolute atomic E-state index is 5.97. The summed E-state index contributed by atoms with van der Waals surface area (Å²) >= 11 is 0. The Balaban J connectivity index is 2.25. The van der Waals surface area contributed by atoms with E-state index in [1.807, 2.05) is 0 Å². The molecule has 17 heavy (non-hydrogen) atoms. The van der Waals surface area contributed by atoms with E-state index >= 15 is 0 Å². The number of hydrogen-bond acceptors (Lipinski definition) is 2. The number of unbranched alkanes of at least 4 members (excludes halogenated alkanes) is 3. The molecular formula is C15H32N2. The average Bonchev–Trinajstić information content (AvgIpc) is 3.13. The van der Waals surface area contributed by atoms with Crippen LogP contribution in [0.3, 0.4) is 0 Å². The minimum absolute atomic E-state index is 0.646. The Kier molecular flexibility index (Phi) is 7.87. The van der Waals surface area contributed by atoms with Gasteiger partial charge in [-0.25, -0.2) is 0 Å². The number of hydrogen-bond donors (Lipinski definition) is 1. The molecule has 0 aromatic heterocycles. The molecule has 2 heteroatoms. The van der Waals surface area contributed by atoms with Crippen molar-refractivity contribution in [2.24, 2.45) is 11.7 Å². The van der Waals surface area contributed by atoms with Crippen molar-refractivity contribution in [3.63, 3.8) is 0 Å². The number of nitrogens with zero attached hydrogens (tertiary/aromatic N) is 1. The normalized spacial score (nSPS) is 17.6. The molecule has 0 aliphatic heterocycles. The fourth-order valence-corrected chi connectivity index (χ4v) is 2.60. The second-order valence-corrected chi connectivity index (χ2v) is 5.68. The predicted octanol–water partition coefficient (Wildman–Crippen LogP) is 3.41. The topological polar surface area (TPSA) is 29.3 Å². The molecule has 2 nitrogen and oxygen atoms in total. The van der Waals surface area contributed by atoms with Crippen LogP contribution in [0.1, 0.15) is 65.2 Å². The minimum atomic E-state index is 0.646. The fourth-order valence-electron chi connectivity index (χ4n) is 2.60. The highest BCUT2D eigenvalue weighted by Crippen LogP contribution is 2.30. The van der Waals surface area contributed by atoms with Gasteiger partial charge in [-0.3, -0.25) is 4.90 Å². The summed E-state index contributed by atoms with van der Waals surface area (Å²) < 4.78 is 0. The maximum Gasteiger partial charge on any atom is 0.0218 e. The van der Waals surface area contributed by atoms with E-state index in [9.17, 15) is 0 Å². The Morgan fingerprint density at radius 1 is 1.12 bits per heavy atom. The van der Waals surface area contributed by atoms with Crippen LogP contribution in [0.5, 0.6) is 0 Å². The predicted molar refractivity (Wildman–Crippen MR) is 76.2 cm³/mol. The molecule has 1 aliphatic rings. The first kappa shape index (κ1) is 15.0. The minimum Gasteiger partial charge on any atom is -0.329 e. The van der Waals surface area contributed by atoms with Crippen LogP contribution in [0.25, 0.3) is 0 Å². The molecular weight excluding hydrogens is 208 g/mol. The lowest BCUT2D eigenvalue weighted by atomic mass is 10.1. The molecule has 1 fully saturated rings. The van der Waals surface area contributed by atoms with Crippen molar-refractivity contribution in [3.8, 4) is 0 Å². The highest BCUT2D eigenvalue weighted by molar-refractivity contribution is 4.81. The van der Waals surface area contributed by atoms with Crippen molar-refractivity contribution in [2.75, 3.05) is 19.6 Å². The molecule has 2 N–H and O–H groups in total. The summed E-state index contributed by atoms with van der Waals surface area (Å²) in [7, 11) is 0. The van der Waals surface area contributed by atoms with Crippen molar-refractivity contribution in [3.05, 3.63) is 0 Å². The molecule has 0 amide bonds. The number of rotatable bonds is 11. The van der Waals surface area contributed by atoms with Gasteiger partial charge < -0.3 is 5.73 Å². The van der Waals surface area contributed by atoms with E-state index in [0.717, 1.165) is 12.5 Å². The van der Waals surface area contributed by atoms with Gasteiger partial charge in [-0.15, -0.1) is 0 Å². The molecule has 0 radical (unpaired) electrons. The van der Waals surface area contributed by atoms with Gasteiger partial charge >= 0.3 is 0 Å². The molecule has 0 aromatic carbocycles. The summed E-state index contributed by atoms with van der Waals surface area (Å²) in [5.74, 6) is 0.992. The van der Waals surface area contributed by atoms with Gasteiger partial charge in [-0.1, -0.05) is 39.5 Å². The summed E-state index contributed by atoms with van der Waals surface area (Å²) in [5, 5.41) is 0. The van der Waals surface area contributed by atoms with Crippen molar-refractivity contribution in [2.45, 2.75) is 71.3 Å². The molecule has 1 rings (SSSR count). The molecule has 102 valence electrons. The standard InChI is InChI=1S/C15H32N2/c1-3-5-6-7-8-15(12-16)17(11-4-2)13-14-9-10-14/h14-15H,3-13,16H2,1-2H3. The summed E-state index contributed by atoms with van der Waals surface area (Å²) in [6, 6.07) is 0.646. The fraction of sp³-hybridized carbons (Fsp3) is 1.00. The van der Waals surface area contributed by atoms with Gasteiger partial charge in [0.1, 0.15) is 0 Å². The zero-order valence-electron chi connectivity index (χ0n) is 12.0. The van der Waals surface area contributed by atoms with E-state index in [4.69, 9.17) is 5.73 Å². The third-order valence-corrected chi connectivity index (χ3v) is 3.88. The van der Waals surface area contributed by atoms with Crippen molar-refractivity contribution < 1.29 is 0 Å². The van der Waals surface area contributed by atoms with E-state index in [0.29, 0.717) is 6.04 Å². The molecule has 0 heterocycles. The SMILES string of the molecule is CCCCCCC(CN)N(CCC)CC1CC1. The van der Waals surface area contributed by atoms with Crippen LogP contribution in [0.2, 0.25) is 0 Å². The van der Waals surface area contributed by atoms with Crippen LogP contribution in [0.15, 0.2) is 0 Å². The monoisotopic (exact) mass is 240 g/mol. The molecule has 0 aromatic rings. The smallest absolute Gasteiger partial charge is 0.0218 e. The second-order valence-electron chi connectivity index (χ2n) is 5.68. The average molecular weight is 240 g/mol. The van der Waals surface area contributed by atoms with Gasteiger partial charge in [0.05, 0.1) is 0 Å². The van der Waals surface area contributed by atoms with Crippen LogP contribution >= 0.6 is 0 Å². The van der Waals surface area contributed by atoms with Gasteiger partial charge in [-0.05, 0) is 38.1 Å².